The van der Waals surface area contributed by atoms with Crippen LogP contribution in [0.2, 0.25) is 0 Å². The number of nitrogens with two attached hydrogens (primary N) is 1. The van der Waals surface area contributed by atoms with Crippen LogP contribution in [0.4, 0.5) is 4.79 Å². The summed E-state index contributed by atoms with van der Waals surface area (Å²) in [5.41, 5.74) is 4.78. The minimum Gasteiger partial charge on any atom is -0.652 e. The smallest absolute Gasteiger partial charge is 0.652 e. The first-order chi connectivity index (χ1) is 4.79. The molecular weight excluding hydrogens is 266 g/mol. The minimum atomic E-state index is -3.80. The third-order valence-corrected chi connectivity index (χ3v) is 1.13. The third-order valence-electron chi connectivity index (χ3n) is 0.376. The van der Waals surface area contributed by atoms with Crippen LogP contribution < -0.4 is 15.9 Å². The van der Waals surface area contributed by atoms with Gasteiger partial charge in [0.15, 0.2) is 0 Å². The molecule has 12 heavy (non-hydrogen) atoms. The maximum absolute atomic E-state index is 9.71. The van der Waals surface area contributed by atoms with E-state index < -0.39 is 16.3 Å². The van der Waals surface area contributed by atoms with E-state index in [1.807, 2.05) is 0 Å². The van der Waals surface area contributed by atoms with Gasteiger partial charge in [-0.2, -0.15) is 8.42 Å². The van der Waals surface area contributed by atoms with Crippen LogP contribution in [0, 0.1) is 0 Å². The first-order valence-electron chi connectivity index (χ1n) is 2.33. The summed E-state index contributed by atoms with van der Waals surface area (Å²) < 4.78 is 27.3. The molecule has 0 saturated heterocycles. The van der Waals surface area contributed by atoms with Crippen molar-refractivity contribution in [3.8, 4) is 0 Å². The number of hydrogen-bond acceptors (Lipinski definition) is 6. The van der Waals surface area contributed by atoms with Crippen LogP contribution in [-0.2, 0) is 10.1 Å². The fourth-order valence-corrected chi connectivity index (χ4v) is 0.447. The molecule has 0 aliphatic heterocycles. The normalized spacial score (nSPS) is 8.83. The maximum Gasteiger partial charge on any atom is 2.00 e. The van der Waals surface area contributed by atoms with E-state index in [2.05, 4.69) is 0 Å². The van der Waals surface area contributed by atoms with Crippen LogP contribution in [-0.4, -0.2) is 76.9 Å². The zero-order valence-electron chi connectivity index (χ0n) is 6.10. The molecule has 0 bridgehead atoms. The van der Waals surface area contributed by atoms with Gasteiger partial charge in [0.05, 0.1) is 5.75 Å². The molecule has 0 radical (unpaired) electrons. The average Bonchev–Trinajstić information content (AvgIpc) is 1.58. The van der Waals surface area contributed by atoms with Gasteiger partial charge < -0.3 is 20.7 Å². The molecule has 0 rings (SSSR count). The van der Waals surface area contributed by atoms with Gasteiger partial charge in [-0.1, -0.05) is 0 Å². The Labute approximate surface area is 107 Å². The maximum atomic E-state index is 9.71. The Bertz CT molecular complexity index is 197. The Morgan fingerprint density at radius 3 is 1.67 bits per heavy atom. The second-order valence-corrected chi connectivity index (χ2v) is 2.90. The van der Waals surface area contributed by atoms with Crippen LogP contribution in [0.25, 0.3) is 0 Å². The number of rotatable bonds is 2. The number of carboxylic acid groups (broad SMARTS) is 2. The molecule has 0 aliphatic rings. The molecule has 68 valence electrons. The van der Waals surface area contributed by atoms with Gasteiger partial charge in [0.1, 0.15) is 0 Å². The first-order valence-corrected chi connectivity index (χ1v) is 3.93. The summed E-state index contributed by atoms with van der Waals surface area (Å²) in [5, 5.41) is 16.7. The summed E-state index contributed by atoms with van der Waals surface area (Å²) in [6.07, 6.45) is -2.33. The Hall–Kier alpha value is 0.621. The van der Waals surface area contributed by atoms with Gasteiger partial charge in [-0.25, -0.2) is 0 Å². The van der Waals surface area contributed by atoms with E-state index in [-0.39, 0.29) is 57.8 Å². The predicted molar refractivity (Wildman–Crippen MR) is 36.6 cm³/mol. The predicted octanol–water partition coefficient (Wildman–Crippen LogP) is -3.99. The van der Waals surface area contributed by atoms with Crippen LogP contribution in [0.5, 0.6) is 0 Å². The van der Waals surface area contributed by atoms with E-state index in [9.17, 15) is 8.42 Å². The summed E-state index contributed by atoms with van der Waals surface area (Å²) in [6.45, 7) is -0.0289. The van der Waals surface area contributed by atoms with Crippen molar-refractivity contribution < 1.29 is 28.0 Å². The van der Waals surface area contributed by atoms with Gasteiger partial charge >= 0.3 is 45.5 Å². The summed E-state index contributed by atoms with van der Waals surface area (Å²) in [6, 6.07) is 0. The molecule has 0 aromatic carbocycles. The van der Waals surface area contributed by atoms with E-state index in [4.69, 9.17) is 25.3 Å². The molecule has 0 heterocycles. The quantitative estimate of drug-likeness (QED) is 0.385. The van der Waals surface area contributed by atoms with Crippen LogP contribution in [0.15, 0.2) is 0 Å². The summed E-state index contributed by atoms with van der Waals surface area (Å²) in [7, 11) is -3.80. The van der Waals surface area contributed by atoms with Crippen molar-refractivity contribution in [3.05, 3.63) is 0 Å². The zero-order valence-corrected chi connectivity index (χ0v) is 10.4. The molecule has 3 N–H and O–H groups in total. The zero-order chi connectivity index (χ0) is 9.49. The van der Waals surface area contributed by atoms with Crippen molar-refractivity contribution in [1.29, 1.82) is 0 Å². The summed E-state index contributed by atoms with van der Waals surface area (Å²) >= 11 is 0. The Morgan fingerprint density at radius 1 is 1.42 bits per heavy atom. The summed E-state index contributed by atoms with van der Waals surface area (Å²) in [4.78, 5) is 8.33. The average molecular weight is 273 g/mol. The van der Waals surface area contributed by atoms with Crippen LogP contribution >= 0.6 is 0 Å². The van der Waals surface area contributed by atoms with E-state index in [0.717, 1.165) is 0 Å². The largest absolute Gasteiger partial charge is 2.00 e. The molecule has 0 spiro atoms. The molecule has 9 heteroatoms. The van der Waals surface area contributed by atoms with Crippen LogP contribution in [0.3, 0.4) is 0 Å². The van der Waals surface area contributed by atoms with Gasteiger partial charge in [0.25, 0.3) is 10.1 Å². The van der Waals surface area contributed by atoms with Gasteiger partial charge in [-0.05, 0) is 6.16 Å². The van der Waals surface area contributed by atoms with Gasteiger partial charge in [0, 0.05) is 6.54 Å². The van der Waals surface area contributed by atoms with E-state index in [0.29, 0.717) is 0 Å². The Balaban J connectivity index is -0.000000142. The van der Waals surface area contributed by atoms with Crippen molar-refractivity contribution in [2.45, 2.75) is 0 Å². The van der Waals surface area contributed by atoms with Gasteiger partial charge in [-0.15, -0.1) is 0 Å². The first kappa shape index (κ1) is 18.4. The second kappa shape index (κ2) is 9.71. The van der Waals surface area contributed by atoms with Crippen molar-refractivity contribution in [3.63, 3.8) is 0 Å². The van der Waals surface area contributed by atoms with E-state index in [1.54, 1.807) is 0 Å². The molecule has 0 saturated carbocycles. The molecular formula is C3H7NO6SSr. The van der Waals surface area contributed by atoms with Crippen molar-refractivity contribution in [2.75, 3.05) is 12.3 Å². The molecule has 0 atom stereocenters. The van der Waals surface area contributed by atoms with Crippen molar-refractivity contribution in [1.82, 2.24) is 0 Å². The topological polar surface area (TPSA) is 144 Å². The van der Waals surface area contributed by atoms with E-state index in [1.165, 1.54) is 0 Å². The molecule has 7 nitrogen and oxygen atoms in total. The van der Waals surface area contributed by atoms with Crippen LogP contribution in [0.1, 0.15) is 0 Å². The molecule has 0 fully saturated rings. The van der Waals surface area contributed by atoms with Gasteiger partial charge in [-0.3, -0.25) is 4.55 Å². The third kappa shape index (κ3) is 46.0. The van der Waals surface area contributed by atoms with Gasteiger partial charge in [0.2, 0.25) is 0 Å². The number of carbonyl (C=O) groups excluding carboxylic acids is 1. The molecule has 0 aromatic heterocycles. The number of carbonyl (C=O) groups is 1. The monoisotopic (exact) mass is 273 g/mol. The molecule has 0 amide bonds. The Morgan fingerprint density at radius 2 is 1.67 bits per heavy atom. The summed E-state index contributed by atoms with van der Waals surface area (Å²) in [5.74, 6) is -0.354. The second-order valence-electron chi connectivity index (χ2n) is 1.32. The van der Waals surface area contributed by atoms with Crippen molar-refractivity contribution in [2.24, 2.45) is 5.73 Å². The van der Waals surface area contributed by atoms with E-state index >= 15 is 0 Å². The molecule has 0 aromatic rings. The standard InChI is InChI=1S/C2H7NO3S.CH2O3.Sr/c3-1-2-7(4,5)6;2-1(3)4;/h1-3H2,(H,4,5,6);(H2,2,3,4);/q;;+2/p-2. The van der Waals surface area contributed by atoms with Crippen molar-refractivity contribution >= 4 is 61.8 Å². The fraction of sp³-hybridized carbons (Fsp3) is 0.667. The fourth-order valence-electron chi connectivity index (χ4n) is 0.149. The molecule has 0 unspecified atom stereocenters. The Kier molecular flexibility index (Phi) is 14.9. The molecule has 0 aliphatic carbocycles. The SMILES string of the molecule is NCCS(=O)(=O)O.O=C([O-])[O-].[Sr+2]. The number of hydrogen-bond donors (Lipinski definition) is 2. The minimum absolute atomic E-state index is 0.